The van der Waals surface area contributed by atoms with E-state index in [4.69, 9.17) is 10.5 Å². The number of ether oxygens (including phenoxy) is 1. The molecule has 0 aliphatic carbocycles. The summed E-state index contributed by atoms with van der Waals surface area (Å²) in [6.07, 6.45) is 0. The van der Waals surface area contributed by atoms with Crippen LogP contribution in [0.3, 0.4) is 0 Å². The highest BCUT2D eigenvalue weighted by Gasteiger charge is 2.02. The Bertz CT molecular complexity index is 540. The van der Waals surface area contributed by atoms with Crippen LogP contribution in [0.4, 0.5) is 4.39 Å². The molecule has 2 N–H and O–H groups in total. The molecule has 2 rings (SSSR count). The van der Waals surface area contributed by atoms with Crippen molar-refractivity contribution in [3.8, 4) is 5.75 Å². The second-order valence-electron chi connectivity index (χ2n) is 4.24. The number of aryl methyl sites for hydroxylation is 1. The van der Waals surface area contributed by atoms with Crippen LogP contribution >= 0.6 is 0 Å². The minimum atomic E-state index is -0.267. The third-order valence-corrected chi connectivity index (χ3v) is 2.73. The van der Waals surface area contributed by atoms with Gasteiger partial charge in [-0.15, -0.1) is 0 Å². The largest absolute Gasteiger partial charge is 0.489 e. The summed E-state index contributed by atoms with van der Waals surface area (Å²) in [6.45, 7) is 2.62. The minimum Gasteiger partial charge on any atom is -0.489 e. The predicted molar refractivity (Wildman–Crippen MR) is 69.8 cm³/mol. The van der Waals surface area contributed by atoms with Gasteiger partial charge in [0, 0.05) is 12.1 Å². The second kappa shape index (κ2) is 5.65. The van der Waals surface area contributed by atoms with Gasteiger partial charge in [0.2, 0.25) is 0 Å². The van der Waals surface area contributed by atoms with Crippen LogP contribution in [0, 0.1) is 12.7 Å². The van der Waals surface area contributed by atoms with Crippen LogP contribution in [-0.4, -0.2) is 0 Å². The van der Waals surface area contributed by atoms with Crippen LogP contribution in [0.25, 0.3) is 0 Å². The molecule has 0 saturated heterocycles. The standard InChI is InChI=1S/C15H16FNO/c1-11-3-2-4-14(7-11)18-10-12-5-6-15(16)13(8-12)9-17/h2-8H,9-10,17H2,1H3. The van der Waals surface area contributed by atoms with Gasteiger partial charge in [-0.25, -0.2) is 4.39 Å². The fourth-order valence-corrected chi connectivity index (χ4v) is 1.75. The lowest BCUT2D eigenvalue weighted by molar-refractivity contribution is 0.305. The predicted octanol–water partition coefficient (Wildman–Crippen LogP) is 3.17. The van der Waals surface area contributed by atoms with Crippen molar-refractivity contribution in [1.82, 2.24) is 0 Å². The Hall–Kier alpha value is -1.87. The summed E-state index contributed by atoms with van der Waals surface area (Å²) in [6, 6.07) is 12.7. The first-order valence-electron chi connectivity index (χ1n) is 5.86. The molecule has 18 heavy (non-hydrogen) atoms. The van der Waals surface area contributed by atoms with Gasteiger partial charge in [-0.2, -0.15) is 0 Å². The molecule has 0 aromatic heterocycles. The van der Waals surface area contributed by atoms with Crippen molar-refractivity contribution in [2.24, 2.45) is 5.73 Å². The zero-order valence-corrected chi connectivity index (χ0v) is 10.3. The van der Waals surface area contributed by atoms with Crippen molar-refractivity contribution in [2.45, 2.75) is 20.1 Å². The van der Waals surface area contributed by atoms with Gasteiger partial charge < -0.3 is 10.5 Å². The number of rotatable bonds is 4. The topological polar surface area (TPSA) is 35.2 Å². The lowest BCUT2D eigenvalue weighted by Crippen LogP contribution is -2.02. The van der Waals surface area contributed by atoms with Crippen LogP contribution in [0.2, 0.25) is 0 Å². The van der Waals surface area contributed by atoms with Gasteiger partial charge in [0.1, 0.15) is 18.2 Å². The summed E-state index contributed by atoms with van der Waals surface area (Å²) >= 11 is 0. The molecule has 0 atom stereocenters. The van der Waals surface area contributed by atoms with Gasteiger partial charge >= 0.3 is 0 Å². The molecule has 0 fully saturated rings. The zero-order valence-electron chi connectivity index (χ0n) is 10.3. The van der Waals surface area contributed by atoms with Gasteiger partial charge in [-0.1, -0.05) is 18.2 Å². The fourth-order valence-electron chi connectivity index (χ4n) is 1.75. The average Bonchev–Trinajstić information content (AvgIpc) is 2.38. The van der Waals surface area contributed by atoms with Crippen LogP contribution in [0.5, 0.6) is 5.75 Å². The molecule has 0 unspecified atom stereocenters. The third kappa shape index (κ3) is 3.08. The SMILES string of the molecule is Cc1cccc(OCc2ccc(F)c(CN)c2)c1. The number of halogens is 1. The first kappa shape index (κ1) is 12.6. The molecule has 94 valence electrons. The number of hydrogen-bond acceptors (Lipinski definition) is 2. The van der Waals surface area contributed by atoms with Crippen molar-refractivity contribution < 1.29 is 9.13 Å². The van der Waals surface area contributed by atoms with Gasteiger partial charge in [-0.3, -0.25) is 0 Å². The van der Waals surface area contributed by atoms with Crippen molar-refractivity contribution in [3.63, 3.8) is 0 Å². The van der Waals surface area contributed by atoms with Crippen LogP contribution in [0.15, 0.2) is 42.5 Å². The Morgan fingerprint density at radius 2 is 2.00 bits per heavy atom. The quantitative estimate of drug-likeness (QED) is 0.898. The molecule has 2 nitrogen and oxygen atoms in total. The molecule has 0 saturated carbocycles. The highest BCUT2D eigenvalue weighted by atomic mass is 19.1. The Morgan fingerprint density at radius 3 is 2.72 bits per heavy atom. The lowest BCUT2D eigenvalue weighted by Gasteiger charge is -2.08. The summed E-state index contributed by atoms with van der Waals surface area (Å²) < 4.78 is 18.9. The van der Waals surface area contributed by atoms with Crippen LogP contribution in [0.1, 0.15) is 16.7 Å². The van der Waals surface area contributed by atoms with Crippen molar-refractivity contribution >= 4 is 0 Å². The molecular formula is C15H16FNO. The molecule has 0 heterocycles. The van der Waals surface area contributed by atoms with E-state index in [9.17, 15) is 4.39 Å². The van der Waals surface area contributed by atoms with E-state index in [1.165, 1.54) is 6.07 Å². The van der Waals surface area contributed by atoms with Crippen molar-refractivity contribution in [3.05, 3.63) is 65.0 Å². The molecule has 0 aliphatic heterocycles. The van der Waals surface area contributed by atoms with E-state index in [-0.39, 0.29) is 12.4 Å². The van der Waals surface area contributed by atoms with Gasteiger partial charge in [0.15, 0.2) is 0 Å². The number of benzene rings is 2. The first-order chi connectivity index (χ1) is 8.69. The van der Waals surface area contributed by atoms with Gasteiger partial charge in [0.05, 0.1) is 0 Å². The molecule has 2 aromatic carbocycles. The third-order valence-electron chi connectivity index (χ3n) is 2.73. The molecule has 0 radical (unpaired) electrons. The Morgan fingerprint density at radius 1 is 1.17 bits per heavy atom. The maximum atomic E-state index is 13.3. The normalized spacial score (nSPS) is 10.4. The van der Waals surface area contributed by atoms with Crippen molar-refractivity contribution in [2.75, 3.05) is 0 Å². The molecule has 0 amide bonds. The van der Waals surface area contributed by atoms with Crippen LogP contribution < -0.4 is 10.5 Å². The second-order valence-corrected chi connectivity index (χ2v) is 4.24. The summed E-state index contributed by atoms with van der Waals surface area (Å²) in [5, 5.41) is 0. The first-order valence-corrected chi connectivity index (χ1v) is 5.86. The summed E-state index contributed by atoms with van der Waals surface area (Å²) in [4.78, 5) is 0. The molecule has 3 heteroatoms. The average molecular weight is 245 g/mol. The maximum Gasteiger partial charge on any atom is 0.127 e. The van der Waals surface area contributed by atoms with Crippen LogP contribution in [-0.2, 0) is 13.2 Å². The highest BCUT2D eigenvalue weighted by Crippen LogP contribution is 2.16. The fraction of sp³-hybridized carbons (Fsp3) is 0.200. The van der Waals surface area contributed by atoms with E-state index in [0.717, 1.165) is 16.9 Å². The maximum absolute atomic E-state index is 13.3. The Kier molecular flexibility index (Phi) is 3.95. The summed E-state index contributed by atoms with van der Waals surface area (Å²) in [7, 11) is 0. The number of hydrogen-bond donors (Lipinski definition) is 1. The number of nitrogens with two attached hydrogens (primary N) is 1. The minimum absolute atomic E-state index is 0.199. The summed E-state index contributed by atoms with van der Waals surface area (Å²) in [5.41, 5.74) is 8.04. The zero-order chi connectivity index (χ0) is 13.0. The van der Waals surface area contributed by atoms with E-state index >= 15 is 0 Å². The smallest absolute Gasteiger partial charge is 0.127 e. The van der Waals surface area contributed by atoms with E-state index in [1.54, 1.807) is 12.1 Å². The van der Waals surface area contributed by atoms with E-state index in [2.05, 4.69) is 0 Å². The Labute approximate surface area is 106 Å². The lowest BCUT2D eigenvalue weighted by atomic mass is 10.1. The molecule has 2 aromatic rings. The van der Waals surface area contributed by atoms with Gasteiger partial charge in [-0.05, 0) is 42.3 Å². The highest BCUT2D eigenvalue weighted by molar-refractivity contribution is 5.29. The summed E-state index contributed by atoms with van der Waals surface area (Å²) in [5.74, 6) is 0.547. The molecule has 0 spiro atoms. The monoisotopic (exact) mass is 245 g/mol. The van der Waals surface area contributed by atoms with E-state index < -0.39 is 0 Å². The van der Waals surface area contributed by atoms with E-state index in [1.807, 2.05) is 31.2 Å². The molecule has 0 aliphatic rings. The van der Waals surface area contributed by atoms with E-state index in [0.29, 0.717) is 12.2 Å². The van der Waals surface area contributed by atoms with Crippen molar-refractivity contribution in [1.29, 1.82) is 0 Å². The molecular weight excluding hydrogens is 229 g/mol. The van der Waals surface area contributed by atoms with Gasteiger partial charge in [0.25, 0.3) is 0 Å². The molecule has 0 bridgehead atoms. The Balaban J connectivity index is 2.06.